The van der Waals surface area contributed by atoms with Crippen LogP contribution in [0.1, 0.15) is 31.2 Å². The molecule has 1 aliphatic heterocycles. The average molecular weight is 449 g/mol. The first-order valence-electron chi connectivity index (χ1n) is 12.1. The van der Waals surface area contributed by atoms with E-state index < -0.39 is 5.41 Å². The fourth-order valence-corrected chi connectivity index (χ4v) is 8.19. The maximum absolute atomic E-state index is 13.5. The second-order valence-electron chi connectivity index (χ2n) is 10.9. The zero-order valence-corrected chi connectivity index (χ0v) is 19.8. The van der Waals surface area contributed by atoms with Gasteiger partial charge in [0.2, 0.25) is 11.8 Å². The Morgan fingerprint density at radius 2 is 1.91 bits per heavy atom. The predicted molar refractivity (Wildman–Crippen MR) is 127 cm³/mol. The smallest absolute Gasteiger partial charge is 0.230 e. The lowest BCUT2D eigenvalue weighted by molar-refractivity contribution is -0.140. The normalized spacial score (nSPS) is 34.6. The van der Waals surface area contributed by atoms with E-state index in [1.807, 2.05) is 19.0 Å². The third kappa shape index (κ3) is 3.15. The summed E-state index contributed by atoms with van der Waals surface area (Å²) in [5.74, 6) is 3.67. The second-order valence-corrected chi connectivity index (χ2v) is 11.8. The summed E-state index contributed by atoms with van der Waals surface area (Å²) in [5.41, 5.74) is 1.87. The van der Waals surface area contributed by atoms with E-state index in [4.69, 9.17) is 0 Å². The van der Waals surface area contributed by atoms with Crippen LogP contribution in [0.3, 0.4) is 0 Å². The minimum Gasteiger partial charge on any atom is -0.348 e. The van der Waals surface area contributed by atoms with Crippen molar-refractivity contribution < 1.29 is 9.59 Å². The summed E-state index contributed by atoms with van der Waals surface area (Å²) in [6.07, 6.45) is 5.48. The molecule has 0 radical (unpaired) electrons. The lowest BCUT2D eigenvalue weighted by atomic mass is 9.79. The quantitative estimate of drug-likeness (QED) is 0.673. The monoisotopic (exact) mass is 448 g/mol. The van der Waals surface area contributed by atoms with Gasteiger partial charge in [-0.1, -0.05) is 30.3 Å². The van der Waals surface area contributed by atoms with Crippen molar-refractivity contribution in [2.75, 3.05) is 27.2 Å². The first-order valence-corrected chi connectivity index (χ1v) is 13.0. The van der Waals surface area contributed by atoms with E-state index in [0.717, 1.165) is 18.3 Å². The van der Waals surface area contributed by atoms with E-state index >= 15 is 0 Å². The average Bonchev–Trinajstić information content (AvgIpc) is 3.33. The van der Waals surface area contributed by atoms with Crippen LogP contribution < -0.4 is 0 Å². The van der Waals surface area contributed by atoms with Crippen molar-refractivity contribution in [2.24, 2.45) is 35.0 Å². The highest BCUT2D eigenvalue weighted by Crippen LogP contribution is 2.69. The van der Waals surface area contributed by atoms with Crippen molar-refractivity contribution in [1.29, 1.82) is 0 Å². The van der Waals surface area contributed by atoms with Crippen molar-refractivity contribution >= 4 is 23.2 Å². The number of nitrogens with zero attached hydrogens (tertiary/aromatic N) is 2. The van der Waals surface area contributed by atoms with Gasteiger partial charge >= 0.3 is 0 Å². The first kappa shape index (κ1) is 20.5. The van der Waals surface area contributed by atoms with Gasteiger partial charge in [0.25, 0.3) is 0 Å². The minimum absolute atomic E-state index is 0.158. The molecule has 0 spiro atoms. The Hall–Kier alpha value is -2.14. The van der Waals surface area contributed by atoms with Gasteiger partial charge in [0, 0.05) is 38.0 Å². The minimum atomic E-state index is -0.518. The number of hydrogen-bond acceptors (Lipinski definition) is 3. The molecule has 1 unspecified atom stereocenters. The van der Waals surface area contributed by atoms with E-state index in [-0.39, 0.29) is 11.8 Å². The molecule has 4 fully saturated rings. The molecule has 4 nitrogen and oxygen atoms in total. The van der Waals surface area contributed by atoms with Gasteiger partial charge < -0.3 is 9.80 Å². The largest absolute Gasteiger partial charge is 0.348 e. The van der Waals surface area contributed by atoms with Crippen LogP contribution in [-0.4, -0.2) is 48.8 Å². The second kappa shape index (κ2) is 7.44. The Bertz CT molecular complexity index is 1030. The molecule has 6 atom stereocenters. The van der Waals surface area contributed by atoms with Crippen LogP contribution in [0.2, 0.25) is 0 Å². The summed E-state index contributed by atoms with van der Waals surface area (Å²) >= 11 is 1.74. The molecular formula is C27H32N2O2S. The van der Waals surface area contributed by atoms with Gasteiger partial charge in [-0.15, -0.1) is 11.3 Å². The van der Waals surface area contributed by atoms with Gasteiger partial charge in [0.05, 0.1) is 5.41 Å². The number of carbonyl (C=O) groups is 2. The Morgan fingerprint density at radius 3 is 2.59 bits per heavy atom. The van der Waals surface area contributed by atoms with Crippen molar-refractivity contribution in [3.63, 3.8) is 0 Å². The highest BCUT2D eigenvalue weighted by Gasteiger charge is 2.68. The Morgan fingerprint density at radius 1 is 1.12 bits per heavy atom. The Kier molecular flexibility index (Phi) is 4.76. The van der Waals surface area contributed by atoms with Gasteiger partial charge in [-0.2, -0.15) is 0 Å². The number of carbonyl (C=O) groups excluding carboxylic acids is 2. The number of benzene rings is 1. The van der Waals surface area contributed by atoms with Gasteiger partial charge in [-0.3, -0.25) is 9.59 Å². The zero-order chi connectivity index (χ0) is 22.0. The molecular weight excluding hydrogens is 416 g/mol. The van der Waals surface area contributed by atoms with Gasteiger partial charge in [-0.05, 0) is 78.3 Å². The fraction of sp³-hybridized carbons (Fsp3) is 0.556. The highest BCUT2D eigenvalue weighted by atomic mass is 32.1. The van der Waals surface area contributed by atoms with Crippen molar-refractivity contribution in [3.05, 3.63) is 47.3 Å². The zero-order valence-electron chi connectivity index (χ0n) is 19.0. The van der Waals surface area contributed by atoms with E-state index in [9.17, 15) is 9.59 Å². The van der Waals surface area contributed by atoms with Crippen LogP contribution in [0, 0.1) is 35.0 Å². The molecule has 2 aromatic rings. The summed E-state index contributed by atoms with van der Waals surface area (Å²) in [4.78, 5) is 31.9. The third-order valence-corrected chi connectivity index (χ3v) is 9.74. The molecule has 4 aliphatic rings. The van der Waals surface area contributed by atoms with Crippen molar-refractivity contribution in [3.8, 4) is 10.4 Å². The molecule has 1 saturated heterocycles. The molecule has 168 valence electrons. The van der Waals surface area contributed by atoms with Crippen LogP contribution in [0.5, 0.6) is 0 Å². The lowest BCUT2D eigenvalue weighted by Crippen LogP contribution is -2.45. The lowest BCUT2D eigenvalue weighted by Gasteiger charge is -2.31. The molecule has 2 amide bonds. The number of amides is 2. The third-order valence-electron chi connectivity index (χ3n) is 8.82. The summed E-state index contributed by atoms with van der Waals surface area (Å²) in [6.45, 7) is 1.28. The summed E-state index contributed by atoms with van der Waals surface area (Å²) in [6, 6.07) is 12.8. The van der Waals surface area contributed by atoms with Crippen LogP contribution in [0.15, 0.2) is 41.8 Å². The number of fused-ring (bicyclic) bond motifs is 5. The molecule has 32 heavy (non-hydrogen) atoms. The molecule has 3 aliphatic carbocycles. The maximum Gasteiger partial charge on any atom is 0.230 e. The predicted octanol–water partition coefficient (Wildman–Crippen LogP) is 4.56. The molecule has 2 heterocycles. The molecule has 6 rings (SSSR count). The van der Waals surface area contributed by atoms with Crippen LogP contribution in [0.25, 0.3) is 10.4 Å². The van der Waals surface area contributed by atoms with E-state index in [1.54, 1.807) is 16.2 Å². The Labute approximate surface area is 194 Å². The topological polar surface area (TPSA) is 40.6 Å². The van der Waals surface area contributed by atoms with E-state index in [0.29, 0.717) is 37.3 Å². The molecule has 2 bridgehead atoms. The van der Waals surface area contributed by atoms with Crippen LogP contribution >= 0.6 is 11.3 Å². The van der Waals surface area contributed by atoms with Crippen molar-refractivity contribution in [2.45, 2.75) is 32.1 Å². The first-order chi connectivity index (χ1) is 15.5. The van der Waals surface area contributed by atoms with Crippen LogP contribution in [0.4, 0.5) is 0 Å². The number of likely N-dealkylation sites (tertiary alicyclic amines) is 1. The number of rotatable bonds is 5. The molecule has 5 heteroatoms. The maximum atomic E-state index is 13.5. The molecule has 1 aromatic heterocycles. The van der Waals surface area contributed by atoms with Gasteiger partial charge in [0.1, 0.15) is 0 Å². The van der Waals surface area contributed by atoms with E-state index in [1.165, 1.54) is 35.3 Å². The highest BCUT2D eigenvalue weighted by molar-refractivity contribution is 7.13. The number of thiophene rings is 1. The summed E-state index contributed by atoms with van der Waals surface area (Å²) < 4.78 is 0. The SMILES string of the molecule is CN(C)C(=O)[C@]1(Cc2cccc(-c3cccs3)c2)CCN(C(=O)C2[C@@H]3[C@H]4CC[C@@H](C4)[C@H]23)C1. The molecule has 1 aromatic carbocycles. The van der Waals surface area contributed by atoms with E-state index in [2.05, 4.69) is 41.8 Å². The fourth-order valence-electron chi connectivity index (χ4n) is 7.46. The standard InChI is InChI=1S/C27H32N2O2S/c1-28(2)26(31)27(15-17-5-3-6-18(13-17)21-7-4-12-32-21)10-11-29(16-27)25(30)24-22-19-8-9-20(14-19)23(22)24/h3-7,12-13,19-20,22-24H,8-11,14-16H2,1-2H3/t19-,20-,22-,23+,24?,27-/m0/s1. The van der Waals surface area contributed by atoms with Crippen molar-refractivity contribution in [1.82, 2.24) is 9.80 Å². The van der Waals surface area contributed by atoms with Crippen LogP contribution in [-0.2, 0) is 16.0 Å². The molecule has 3 saturated carbocycles. The summed E-state index contributed by atoms with van der Waals surface area (Å²) in [5, 5.41) is 2.10. The Balaban J connectivity index is 1.23. The van der Waals surface area contributed by atoms with Gasteiger partial charge in [-0.25, -0.2) is 0 Å². The number of hydrogen-bond donors (Lipinski definition) is 0. The molecule has 0 N–H and O–H groups in total. The van der Waals surface area contributed by atoms with Gasteiger partial charge in [0.15, 0.2) is 0 Å². The summed E-state index contributed by atoms with van der Waals surface area (Å²) in [7, 11) is 3.69.